The maximum atomic E-state index is 13.6. The zero-order chi connectivity index (χ0) is 15.9. The standard InChI is InChI=1S/C15H7BrCl2F2N2/c16-15-7-14(8-3-9(17)5-10(19)4-8)22(21-15)11-1-2-13(20)12(18)6-11/h1-7H. The second-order valence-electron chi connectivity index (χ2n) is 4.52. The van der Waals surface area contributed by atoms with Gasteiger partial charge in [-0.05, 0) is 58.4 Å². The van der Waals surface area contributed by atoms with Gasteiger partial charge in [0.25, 0.3) is 0 Å². The summed E-state index contributed by atoms with van der Waals surface area (Å²) >= 11 is 15.0. The van der Waals surface area contributed by atoms with E-state index in [4.69, 9.17) is 23.2 Å². The smallest absolute Gasteiger partial charge is 0.141 e. The zero-order valence-corrected chi connectivity index (χ0v) is 13.9. The SMILES string of the molecule is Fc1cc(Cl)cc(-c2cc(Br)nn2-c2ccc(F)c(Cl)c2)c1. The van der Waals surface area contributed by atoms with Crippen LogP contribution in [0.4, 0.5) is 8.78 Å². The third-order valence-electron chi connectivity index (χ3n) is 2.99. The fourth-order valence-corrected chi connectivity index (χ4v) is 2.85. The van der Waals surface area contributed by atoms with E-state index in [-0.39, 0.29) is 10.0 Å². The predicted octanol–water partition coefficient (Wildman–Crippen LogP) is 5.89. The summed E-state index contributed by atoms with van der Waals surface area (Å²) in [7, 11) is 0. The highest BCUT2D eigenvalue weighted by Gasteiger charge is 2.13. The maximum Gasteiger partial charge on any atom is 0.141 e. The molecule has 2 nitrogen and oxygen atoms in total. The van der Waals surface area contributed by atoms with E-state index < -0.39 is 11.6 Å². The lowest BCUT2D eigenvalue weighted by Gasteiger charge is -2.09. The Kier molecular flexibility index (Phi) is 4.21. The number of benzene rings is 2. The number of hydrogen-bond donors (Lipinski definition) is 0. The summed E-state index contributed by atoms with van der Waals surface area (Å²) in [6, 6.07) is 10.1. The van der Waals surface area contributed by atoms with Crippen LogP contribution < -0.4 is 0 Å². The number of aromatic nitrogens is 2. The average molecular weight is 404 g/mol. The van der Waals surface area contributed by atoms with Crippen LogP contribution >= 0.6 is 39.1 Å². The van der Waals surface area contributed by atoms with E-state index in [1.54, 1.807) is 12.1 Å². The van der Waals surface area contributed by atoms with Gasteiger partial charge in [0.15, 0.2) is 0 Å². The van der Waals surface area contributed by atoms with Crippen molar-refractivity contribution in [1.82, 2.24) is 9.78 Å². The number of nitrogens with zero attached hydrogens (tertiary/aromatic N) is 2. The molecule has 0 spiro atoms. The minimum Gasteiger partial charge on any atom is -0.232 e. The highest BCUT2D eigenvalue weighted by Crippen LogP contribution is 2.30. The van der Waals surface area contributed by atoms with Crippen molar-refractivity contribution in [2.45, 2.75) is 0 Å². The lowest BCUT2D eigenvalue weighted by atomic mass is 10.1. The molecule has 7 heteroatoms. The van der Waals surface area contributed by atoms with Crippen molar-refractivity contribution in [2.75, 3.05) is 0 Å². The van der Waals surface area contributed by atoms with Gasteiger partial charge in [-0.25, -0.2) is 13.5 Å². The number of hydrogen-bond acceptors (Lipinski definition) is 1. The number of halogens is 5. The Bertz CT molecular complexity index is 844. The molecule has 112 valence electrons. The molecule has 0 bridgehead atoms. The van der Waals surface area contributed by atoms with Crippen molar-refractivity contribution in [3.63, 3.8) is 0 Å². The van der Waals surface area contributed by atoms with Crippen LogP contribution in [0.2, 0.25) is 10.0 Å². The molecule has 0 amide bonds. The van der Waals surface area contributed by atoms with E-state index in [1.807, 2.05) is 0 Å². The normalized spacial score (nSPS) is 11.0. The van der Waals surface area contributed by atoms with Gasteiger partial charge in [-0.3, -0.25) is 0 Å². The Labute approximate surface area is 143 Å². The minimum absolute atomic E-state index is 0.0210. The Morgan fingerprint density at radius 1 is 1.00 bits per heavy atom. The summed E-state index contributed by atoms with van der Waals surface area (Å²) in [5, 5.41) is 4.53. The molecule has 0 unspecified atom stereocenters. The van der Waals surface area contributed by atoms with Crippen LogP contribution in [0.5, 0.6) is 0 Å². The molecule has 0 radical (unpaired) electrons. The second kappa shape index (κ2) is 5.99. The van der Waals surface area contributed by atoms with Crippen LogP contribution in [0.25, 0.3) is 16.9 Å². The lowest BCUT2D eigenvalue weighted by Crippen LogP contribution is -2.00. The minimum atomic E-state index is -0.521. The fourth-order valence-electron chi connectivity index (χ4n) is 2.07. The second-order valence-corrected chi connectivity index (χ2v) is 6.18. The van der Waals surface area contributed by atoms with Gasteiger partial charge in [-0.15, -0.1) is 0 Å². The first-order valence-corrected chi connectivity index (χ1v) is 7.66. The van der Waals surface area contributed by atoms with E-state index in [9.17, 15) is 8.78 Å². The summed E-state index contributed by atoms with van der Waals surface area (Å²) < 4.78 is 29.0. The Balaban J connectivity index is 2.19. The predicted molar refractivity (Wildman–Crippen MR) is 86.6 cm³/mol. The maximum absolute atomic E-state index is 13.6. The van der Waals surface area contributed by atoms with Crippen molar-refractivity contribution in [3.8, 4) is 16.9 Å². The zero-order valence-electron chi connectivity index (χ0n) is 10.8. The van der Waals surface area contributed by atoms with Crippen LogP contribution in [0.3, 0.4) is 0 Å². The summed E-state index contributed by atoms with van der Waals surface area (Å²) in [6.07, 6.45) is 0. The molecule has 0 aliphatic heterocycles. The third-order valence-corrected chi connectivity index (χ3v) is 3.88. The molecule has 0 atom stereocenters. The molecule has 22 heavy (non-hydrogen) atoms. The molecule has 0 saturated heterocycles. The van der Waals surface area contributed by atoms with Gasteiger partial charge in [0, 0.05) is 10.6 Å². The van der Waals surface area contributed by atoms with Gasteiger partial charge >= 0.3 is 0 Å². The molecule has 1 aromatic heterocycles. The molecule has 0 aliphatic carbocycles. The Morgan fingerprint density at radius 2 is 1.77 bits per heavy atom. The molecule has 2 aromatic carbocycles. The summed E-state index contributed by atoms with van der Waals surface area (Å²) in [5.41, 5.74) is 1.69. The first-order valence-electron chi connectivity index (χ1n) is 6.11. The van der Waals surface area contributed by atoms with E-state index in [2.05, 4.69) is 21.0 Å². The largest absolute Gasteiger partial charge is 0.232 e. The van der Waals surface area contributed by atoms with Crippen molar-refractivity contribution in [2.24, 2.45) is 0 Å². The fraction of sp³-hybridized carbons (Fsp3) is 0. The molecule has 0 saturated carbocycles. The average Bonchev–Trinajstić information content (AvgIpc) is 2.83. The summed E-state index contributed by atoms with van der Waals surface area (Å²) in [4.78, 5) is 0. The van der Waals surface area contributed by atoms with Crippen LogP contribution in [-0.2, 0) is 0 Å². The Hall–Kier alpha value is -1.43. The molecule has 0 fully saturated rings. The molecule has 0 N–H and O–H groups in total. The molecule has 1 heterocycles. The topological polar surface area (TPSA) is 17.8 Å². The van der Waals surface area contributed by atoms with Crippen molar-refractivity contribution >= 4 is 39.1 Å². The van der Waals surface area contributed by atoms with Crippen LogP contribution in [0.15, 0.2) is 47.1 Å². The van der Waals surface area contributed by atoms with Gasteiger partial charge in [0.2, 0.25) is 0 Å². The van der Waals surface area contributed by atoms with E-state index in [0.29, 0.717) is 21.5 Å². The molecule has 0 aliphatic rings. The molecular weight excluding hydrogens is 397 g/mol. The van der Waals surface area contributed by atoms with Crippen LogP contribution in [0, 0.1) is 11.6 Å². The van der Waals surface area contributed by atoms with Crippen molar-refractivity contribution in [3.05, 3.63) is 68.7 Å². The van der Waals surface area contributed by atoms with Gasteiger partial charge in [0.05, 0.1) is 16.4 Å². The summed E-state index contributed by atoms with van der Waals surface area (Å²) in [6.45, 7) is 0. The molecule has 3 rings (SSSR count). The highest BCUT2D eigenvalue weighted by atomic mass is 79.9. The first-order chi connectivity index (χ1) is 10.4. The van der Waals surface area contributed by atoms with E-state index in [0.717, 1.165) is 0 Å². The van der Waals surface area contributed by atoms with Crippen LogP contribution in [-0.4, -0.2) is 9.78 Å². The van der Waals surface area contributed by atoms with Crippen molar-refractivity contribution < 1.29 is 8.78 Å². The van der Waals surface area contributed by atoms with Gasteiger partial charge in [-0.2, -0.15) is 5.10 Å². The lowest BCUT2D eigenvalue weighted by molar-refractivity contribution is 0.627. The van der Waals surface area contributed by atoms with Gasteiger partial charge in [0.1, 0.15) is 16.2 Å². The van der Waals surface area contributed by atoms with Crippen molar-refractivity contribution in [1.29, 1.82) is 0 Å². The van der Waals surface area contributed by atoms with E-state index in [1.165, 1.54) is 35.0 Å². The molecular formula is C15H7BrCl2F2N2. The quantitative estimate of drug-likeness (QED) is 0.521. The van der Waals surface area contributed by atoms with Gasteiger partial charge in [-0.1, -0.05) is 23.2 Å². The Morgan fingerprint density at radius 3 is 2.45 bits per heavy atom. The van der Waals surface area contributed by atoms with Crippen LogP contribution in [0.1, 0.15) is 0 Å². The first kappa shape index (κ1) is 15.5. The third kappa shape index (κ3) is 3.02. The highest BCUT2D eigenvalue weighted by molar-refractivity contribution is 9.10. The van der Waals surface area contributed by atoms with E-state index >= 15 is 0 Å². The van der Waals surface area contributed by atoms with Gasteiger partial charge < -0.3 is 0 Å². The molecule has 3 aromatic rings. The summed E-state index contributed by atoms with van der Waals surface area (Å²) in [5.74, 6) is -0.976. The monoisotopic (exact) mass is 402 g/mol. The number of rotatable bonds is 2.